The van der Waals surface area contributed by atoms with Crippen LogP contribution in [-0.2, 0) is 6.42 Å². The average molecular weight is 399 g/mol. The van der Waals surface area contributed by atoms with E-state index < -0.39 is 0 Å². The Morgan fingerprint density at radius 3 is 2.53 bits per heavy atom. The van der Waals surface area contributed by atoms with Gasteiger partial charge in [0, 0.05) is 56.0 Å². The Balaban J connectivity index is 1.32. The molecule has 0 bridgehead atoms. The van der Waals surface area contributed by atoms with E-state index in [0.717, 1.165) is 31.0 Å². The van der Waals surface area contributed by atoms with Crippen molar-refractivity contribution in [3.05, 3.63) is 78.2 Å². The van der Waals surface area contributed by atoms with Gasteiger partial charge in [-0.25, -0.2) is 4.98 Å². The van der Waals surface area contributed by atoms with Crippen molar-refractivity contribution >= 4 is 23.1 Å². The number of hydrogen-bond acceptors (Lipinski definition) is 5. The zero-order chi connectivity index (χ0) is 20.5. The number of hydrogen-bond donors (Lipinski definition) is 0. The van der Waals surface area contributed by atoms with Gasteiger partial charge in [-0.3, -0.25) is 9.78 Å². The molecule has 4 heterocycles. The van der Waals surface area contributed by atoms with Crippen molar-refractivity contribution < 1.29 is 4.79 Å². The zero-order valence-electron chi connectivity index (χ0n) is 17.1. The summed E-state index contributed by atoms with van der Waals surface area (Å²) in [6.45, 7) is 5.12. The molecule has 1 atom stereocenters. The van der Waals surface area contributed by atoms with Crippen molar-refractivity contribution in [3.63, 3.8) is 0 Å². The number of fused-ring (bicyclic) bond motifs is 1. The Kier molecular flexibility index (Phi) is 4.83. The van der Waals surface area contributed by atoms with E-state index >= 15 is 0 Å². The van der Waals surface area contributed by atoms with Gasteiger partial charge < -0.3 is 14.7 Å². The van der Waals surface area contributed by atoms with E-state index in [9.17, 15) is 4.79 Å². The number of piperazine rings is 1. The summed E-state index contributed by atoms with van der Waals surface area (Å²) in [6, 6.07) is 18.7. The van der Waals surface area contributed by atoms with E-state index in [1.165, 1.54) is 11.3 Å². The smallest absolute Gasteiger partial charge is 0.272 e. The van der Waals surface area contributed by atoms with E-state index in [1.807, 2.05) is 35.2 Å². The molecule has 2 aliphatic heterocycles. The molecule has 1 aromatic carbocycles. The van der Waals surface area contributed by atoms with Gasteiger partial charge in [0.1, 0.15) is 11.5 Å². The molecule has 1 saturated heterocycles. The molecule has 1 amide bonds. The molecule has 0 saturated carbocycles. The molecular formula is C24H25N5O. The lowest BCUT2D eigenvalue weighted by Crippen LogP contribution is -2.49. The van der Waals surface area contributed by atoms with Gasteiger partial charge in [0.2, 0.25) is 0 Å². The summed E-state index contributed by atoms with van der Waals surface area (Å²) in [5.41, 5.74) is 4.10. The fourth-order valence-electron chi connectivity index (χ4n) is 4.49. The lowest BCUT2D eigenvalue weighted by molar-refractivity contribution is 0.0740. The van der Waals surface area contributed by atoms with E-state index in [1.54, 1.807) is 12.4 Å². The summed E-state index contributed by atoms with van der Waals surface area (Å²) in [5, 5.41) is 0. The number of anilines is 3. The molecule has 6 nitrogen and oxygen atoms in total. The first kappa shape index (κ1) is 18.6. The third-order valence-corrected chi connectivity index (χ3v) is 5.99. The highest BCUT2D eigenvalue weighted by atomic mass is 16.2. The molecule has 0 spiro atoms. The van der Waals surface area contributed by atoms with Crippen LogP contribution in [-0.4, -0.2) is 53.0 Å². The van der Waals surface area contributed by atoms with Crippen LogP contribution in [0.1, 0.15) is 23.0 Å². The predicted octanol–water partition coefficient (Wildman–Crippen LogP) is 3.52. The number of nitrogens with zero attached hydrogens (tertiary/aromatic N) is 5. The Bertz CT molecular complexity index is 1050. The average Bonchev–Trinajstić information content (AvgIpc) is 3.15. The number of benzene rings is 1. The fourth-order valence-corrected chi connectivity index (χ4v) is 4.49. The zero-order valence-corrected chi connectivity index (χ0v) is 17.1. The van der Waals surface area contributed by atoms with Crippen LogP contribution < -0.4 is 9.80 Å². The van der Waals surface area contributed by atoms with Gasteiger partial charge in [0.15, 0.2) is 0 Å². The maximum Gasteiger partial charge on any atom is 0.272 e. The van der Waals surface area contributed by atoms with Gasteiger partial charge in [-0.05, 0) is 49.2 Å². The predicted molar refractivity (Wildman–Crippen MR) is 118 cm³/mol. The second kappa shape index (κ2) is 7.78. The molecule has 0 aliphatic carbocycles. The number of pyridine rings is 2. The van der Waals surface area contributed by atoms with Crippen molar-refractivity contribution in [2.45, 2.75) is 19.4 Å². The Hall–Kier alpha value is -3.41. The summed E-state index contributed by atoms with van der Waals surface area (Å²) in [5.74, 6) is 0.962. The minimum atomic E-state index is -0.00217. The molecule has 5 rings (SSSR count). The van der Waals surface area contributed by atoms with Crippen LogP contribution in [0.15, 0.2) is 67.0 Å². The van der Waals surface area contributed by atoms with Crippen LogP contribution >= 0.6 is 0 Å². The monoisotopic (exact) mass is 399 g/mol. The number of para-hydroxylation sites is 1. The van der Waals surface area contributed by atoms with Gasteiger partial charge in [0.25, 0.3) is 5.91 Å². The van der Waals surface area contributed by atoms with Crippen molar-refractivity contribution in [3.8, 4) is 0 Å². The summed E-state index contributed by atoms with van der Waals surface area (Å²) < 4.78 is 0. The highest BCUT2D eigenvalue weighted by Gasteiger charge is 2.28. The number of amides is 1. The van der Waals surface area contributed by atoms with Crippen molar-refractivity contribution in [1.82, 2.24) is 14.9 Å². The minimum absolute atomic E-state index is 0.00217. The number of aromatic nitrogens is 2. The SMILES string of the molecule is CC1Cc2ccccc2N1c1ccnc(C(=O)N2CCN(c3ccccn3)CC2)c1. The number of carbonyl (C=O) groups is 1. The van der Waals surface area contributed by atoms with Gasteiger partial charge in [-0.1, -0.05) is 24.3 Å². The first-order valence-electron chi connectivity index (χ1n) is 10.5. The maximum atomic E-state index is 13.1. The molecule has 0 radical (unpaired) electrons. The third-order valence-electron chi connectivity index (χ3n) is 5.99. The summed E-state index contributed by atoms with van der Waals surface area (Å²) in [7, 11) is 0. The van der Waals surface area contributed by atoms with Gasteiger partial charge in [-0.15, -0.1) is 0 Å². The molecule has 1 fully saturated rings. The van der Waals surface area contributed by atoms with Crippen LogP contribution in [0.2, 0.25) is 0 Å². The third kappa shape index (κ3) is 3.38. The quantitative estimate of drug-likeness (QED) is 0.675. The maximum absolute atomic E-state index is 13.1. The van der Waals surface area contributed by atoms with E-state index in [2.05, 4.69) is 51.0 Å². The van der Waals surface area contributed by atoms with Crippen LogP contribution in [0.5, 0.6) is 0 Å². The fraction of sp³-hybridized carbons (Fsp3) is 0.292. The standard InChI is InChI=1S/C24H25N5O/c1-18-16-19-6-2-3-7-22(19)29(18)20-9-11-25-21(17-20)24(30)28-14-12-27(13-15-28)23-8-4-5-10-26-23/h2-11,17-18H,12-16H2,1H3. The van der Waals surface area contributed by atoms with Crippen molar-refractivity contribution in [1.29, 1.82) is 0 Å². The molecule has 1 unspecified atom stereocenters. The largest absolute Gasteiger partial charge is 0.353 e. The molecule has 0 N–H and O–H groups in total. The topological polar surface area (TPSA) is 52.6 Å². The summed E-state index contributed by atoms with van der Waals surface area (Å²) >= 11 is 0. The summed E-state index contributed by atoms with van der Waals surface area (Å²) in [4.78, 5) is 28.4. The molecule has 2 aromatic heterocycles. The normalized spacial score (nSPS) is 18.4. The van der Waals surface area contributed by atoms with Crippen LogP contribution in [0.25, 0.3) is 0 Å². The molecule has 152 valence electrons. The molecule has 6 heteroatoms. The minimum Gasteiger partial charge on any atom is -0.353 e. The molecular weight excluding hydrogens is 374 g/mol. The Labute approximate surface area is 176 Å². The Morgan fingerprint density at radius 1 is 0.933 bits per heavy atom. The van der Waals surface area contributed by atoms with E-state index in [0.29, 0.717) is 24.8 Å². The number of carbonyl (C=O) groups excluding carboxylic acids is 1. The second-order valence-electron chi connectivity index (χ2n) is 7.92. The van der Waals surface area contributed by atoms with Gasteiger partial charge in [-0.2, -0.15) is 0 Å². The van der Waals surface area contributed by atoms with E-state index in [-0.39, 0.29) is 5.91 Å². The second-order valence-corrected chi connectivity index (χ2v) is 7.92. The molecule has 2 aliphatic rings. The van der Waals surface area contributed by atoms with Gasteiger partial charge in [0.05, 0.1) is 0 Å². The highest BCUT2D eigenvalue weighted by Crippen LogP contribution is 2.38. The lowest BCUT2D eigenvalue weighted by Gasteiger charge is -2.35. The first-order chi connectivity index (χ1) is 14.7. The highest BCUT2D eigenvalue weighted by molar-refractivity contribution is 5.93. The lowest BCUT2D eigenvalue weighted by atomic mass is 10.1. The van der Waals surface area contributed by atoms with Crippen LogP contribution in [0.3, 0.4) is 0 Å². The van der Waals surface area contributed by atoms with Gasteiger partial charge >= 0.3 is 0 Å². The van der Waals surface area contributed by atoms with E-state index in [4.69, 9.17) is 0 Å². The molecule has 30 heavy (non-hydrogen) atoms. The van der Waals surface area contributed by atoms with Crippen LogP contribution in [0, 0.1) is 0 Å². The Morgan fingerprint density at radius 2 is 1.73 bits per heavy atom. The van der Waals surface area contributed by atoms with Crippen LogP contribution in [0.4, 0.5) is 17.2 Å². The van der Waals surface area contributed by atoms with Crippen molar-refractivity contribution in [2.24, 2.45) is 0 Å². The number of rotatable bonds is 3. The molecule has 3 aromatic rings. The first-order valence-corrected chi connectivity index (χ1v) is 10.5. The van der Waals surface area contributed by atoms with Crippen molar-refractivity contribution in [2.75, 3.05) is 36.0 Å². The summed E-state index contributed by atoms with van der Waals surface area (Å²) in [6.07, 6.45) is 4.57.